The minimum atomic E-state index is 0.235. The Morgan fingerprint density at radius 2 is 2.23 bits per heavy atom. The van der Waals surface area contributed by atoms with Crippen molar-refractivity contribution in [1.29, 1.82) is 0 Å². The summed E-state index contributed by atoms with van der Waals surface area (Å²) in [7, 11) is 8.27. The summed E-state index contributed by atoms with van der Waals surface area (Å²) in [6.45, 7) is 3.76. The zero-order valence-corrected chi connectivity index (χ0v) is 15.9. The highest BCUT2D eigenvalue weighted by molar-refractivity contribution is 7.99. The van der Waals surface area contributed by atoms with Gasteiger partial charge in [-0.15, -0.1) is 11.3 Å². The third kappa shape index (κ3) is 4.14. The average Bonchev–Trinajstić information content (AvgIpc) is 3.09. The van der Waals surface area contributed by atoms with Crippen molar-refractivity contribution in [3.63, 3.8) is 0 Å². The average molecular weight is 342 g/mol. The highest BCUT2D eigenvalue weighted by Crippen LogP contribution is 2.31. The van der Waals surface area contributed by atoms with E-state index in [1.165, 1.54) is 17.9 Å². The standard InChI is InChI=1S/C15H27N5S2/c1-12-18-13(9-22-12)8-20(5)14(16-2)17-10-15(19(3)4)6-7-21-11-15/h9H,6-8,10-11H2,1-5H3,(H,16,17). The summed E-state index contributed by atoms with van der Waals surface area (Å²) in [5.74, 6) is 3.36. The van der Waals surface area contributed by atoms with Gasteiger partial charge in [-0.25, -0.2) is 4.98 Å². The summed E-state index contributed by atoms with van der Waals surface area (Å²) in [6.07, 6.45) is 1.23. The molecule has 0 aliphatic carbocycles. The molecular weight excluding hydrogens is 314 g/mol. The van der Waals surface area contributed by atoms with Crippen LogP contribution in [-0.2, 0) is 6.54 Å². The summed E-state index contributed by atoms with van der Waals surface area (Å²) in [4.78, 5) is 13.5. The van der Waals surface area contributed by atoms with Crippen LogP contribution in [0, 0.1) is 6.92 Å². The maximum Gasteiger partial charge on any atom is 0.193 e. The molecule has 1 aromatic rings. The second-order valence-electron chi connectivity index (χ2n) is 6.04. The Morgan fingerprint density at radius 3 is 2.73 bits per heavy atom. The predicted molar refractivity (Wildman–Crippen MR) is 98.0 cm³/mol. The van der Waals surface area contributed by atoms with Crippen LogP contribution in [0.3, 0.4) is 0 Å². The highest BCUT2D eigenvalue weighted by atomic mass is 32.2. The van der Waals surface area contributed by atoms with E-state index in [1.54, 1.807) is 11.3 Å². The number of rotatable bonds is 5. The first-order valence-corrected chi connectivity index (χ1v) is 9.58. The van der Waals surface area contributed by atoms with Crippen LogP contribution < -0.4 is 5.32 Å². The number of aromatic nitrogens is 1. The zero-order valence-electron chi connectivity index (χ0n) is 14.2. The molecule has 0 bridgehead atoms. The van der Waals surface area contributed by atoms with E-state index >= 15 is 0 Å². The number of nitrogens with zero attached hydrogens (tertiary/aromatic N) is 4. The normalized spacial score (nSPS) is 22.4. The van der Waals surface area contributed by atoms with E-state index in [1.807, 2.05) is 25.7 Å². The summed E-state index contributed by atoms with van der Waals surface area (Å²) < 4.78 is 0. The fourth-order valence-corrected chi connectivity index (χ4v) is 4.83. The summed E-state index contributed by atoms with van der Waals surface area (Å²) in [6, 6.07) is 0. The molecule has 124 valence electrons. The van der Waals surface area contributed by atoms with Gasteiger partial charge in [0.25, 0.3) is 0 Å². The van der Waals surface area contributed by atoms with Gasteiger partial charge in [-0.3, -0.25) is 4.99 Å². The van der Waals surface area contributed by atoms with Gasteiger partial charge < -0.3 is 15.1 Å². The largest absolute Gasteiger partial charge is 0.354 e. The molecule has 7 heteroatoms. The van der Waals surface area contributed by atoms with Crippen LogP contribution in [0.5, 0.6) is 0 Å². The van der Waals surface area contributed by atoms with Crippen LogP contribution in [0.25, 0.3) is 0 Å². The van der Waals surface area contributed by atoms with Crippen molar-refractivity contribution in [3.8, 4) is 0 Å². The summed E-state index contributed by atoms with van der Waals surface area (Å²) >= 11 is 3.73. The van der Waals surface area contributed by atoms with E-state index in [0.29, 0.717) is 0 Å². The molecule has 22 heavy (non-hydrogen) atoms. The van der Waals surface area contributed by atoms with E-state index in [-0.39, 0.29) is 5.54 Å². The van der Waals surface area contributed by atoms with E-state index < -0.39 is 0 Å². The van der Waals surface area contributed by atoms with Crippen molar-refractivity contribution < 1.29 is 0 Å². The molecule has 1 aliphatic heterocycles. The van der Waals surface area contributed by atoms with Crippen molar-refractivity contribution in [2.75, 3.05) is 46.2 Å². The molecule has 1 aromatic heterocycles. The first kappa shape index (κ1) is 17.6. The zero-order chi connectivity index (χ0) is 16.2. The number of thiazole rings is 1. The van der Waals surface area contributed by atoms with Gasteiger partial charge in [0, 0.05) is 37.3 Å². The van der Waals surface area contributed by atoms with Gasteiger partial charge in [0.05, 0.1) is 17.2 Å². The SMILES string of the molecule is CN=C(NCC1(N(C)C)CCSC1)N(C)Cc1csc(C)n1. The quantitative estimate of drug-likeness (QED) is 0.654. The van der Waals surface area contributed by atoms with Gasteiger partial charge in [0.1, 0.15) is 0 Å². The lowest BCUT2D eigenvalue weighted by molar-refractivity contribution is 0.181. The molecule has 0 radical (unpaired) electrons. The predicted octanol–water partition coefficient (Wildman–Crippen LogP) is 1.90. The lowest BCUT2D eigenvalue weighted by Gasteiger charge is -2.37. The molecule has 0 spiro atoms. The maximum absolute atomic E-state index is 4.53. The molecule has 0 aromatic carbocycles. The minimum absolute atomic E-state index is 0.235. The monoisotopic (exact) mass is 341 g/mol. The Kier molecular flexibility index (Phi) is 6.11. The Labute approximate surface area is 142 Å². The van der Waals surface area contributed by atoms with Crippen LogP contribution >= 0.6 is 23.1 Å². The number of nitrogens with one attached hydrogen (secondary N) is 1. The Morgan fingerprint density at radius 1 is 1.45 bits per heavy atom. The second-order valence-corrected chi connectivity index (χ2v) is 8.20. The molecule has 1 aliphatic rings. The Hall–Kier alpha value is -0.790. The third-order valence-corrected chi connectivity index (χ3v) is 6.30. The van der Waals surface area contributed by atoms with Crippen LogP contribution in [0.2, 0.25) is 0 Å². The molecule has 1 fully saturated rings. The van der Waals surface area contributed by atoms with Gasteiger partial charge in [0.2, 0.25) is 0 Å². The highest BCUT2D eigenvalue weighted by Gasteiger charge is 2.36. The van der Waals surface area contributed by atoms with E-state index in [4.69, 9.17) is 0 Å². The molecule has 2 heterocycles. The van der Waals surface area contributed by atoms with Gasteiger partial charge in [-0.2, -0.15) is 11.8 Å². The number of thioether (sulfide) groups is 1. The van der Waals surface area contributed by atoms with Crippen LogP contribution in [0.15, 0.2) is 10.4 Å². The third-order valence-electron chi connectivity index (χ3n) is 4.25. The first-order chi connectivity index (χ1) is 10.5. The lowest BCUT2D eigenvalue weighted by atomic mass is 9.97. The van der Waals surface area contributed by atoms with Gasteiger partial charge >= 0.3 is 0 Å². The number of hydrogen-bond donors (Lipinski definition) is 1. The van der Waals surface area contributed by atoms with Crippen LogP contribution in [0.1, 0.15) is 17.1 Å². The summed E-state index contributed by atoms with van der Waals surface area (Å²) in [5.41, 5.74) is 1.34. The maximum atomic E-state index is 4.53. The van der Waals surface area contributed by atoms with Crippen molar-refractivity contribution >= 4 is 29.1 Å². The van der Waals surface area contributed by atoms with Crippen molar-refractivity contribution in [3.05, 3.63) is 16.1 Å². The molecular formula is C15H27N5S2. The van der Waals surface area contributed by atoms with E-state index in [0.717, 1.165) is 29.8 Å². The number of likely N-dealkylation sites (N-methyl/N-ethyl adjacent to an activating group) is 1. The molecule has 1 saturated heterocycles. The Bertz CT molecular complexity index is 506. The van der Waals surface area contributed by atoms with Gasteiger partial charge in [0.15, 0.2) is 5.96 Å². The minimum Gasteiger partial charge on any atom is -0.354 e. The fourth-order valence-electron chi connectivity index (χ4n) is 2.67. The van der Waals surface area contributed by atoms with Crippen molar-refractivity contribution in [2.45, 2.75) is 25.4 Å². The van der Waals surface area contributed by atoms with Crippen molar-refractivity contribution in [2.24, 2.45) is 4.99 Å². The van der Waals surface area contributed by atoms with Gasteiger partial charge in [-0.1, -0.05) is 0 Å². The van der Waals surface area contributed by atoms with Crippen molar-refractivity contribution in [1.82, 2.24) is 20.1 Å². The number of hydrogen-bond acceptors (Lipinski definition) is 5. The first-order valence-electron chi connectivity index (χ1n) is 7.55. The summed E-state index contributed by atoms with van der Waals surface area (Å²) in [5, 5.41) is 6.79. The topological polar surface area (TPSA) is 43.8 Å². The molecule has 1 unspecified atom stereocenters. The molecule has 1 N–H and O–H groups in total. The second kappa shape index (κ2) is 7.66. The number of guanidine groups is 1. The lowest BCUT2D eigenvalue weighted by Crippen LogP contribution is -2.54. The van der Waals surface area contributed by atoms with E-state index in [9.17, 15) is 0 Å². The number of aliphatic imine (C=N–C) groups is 1. The molecule has 2 rings (SSSR count). The fraction of sp³-hybridized carbons (Fsp3) is 0.733. The van der Waals surface area contributed by atoms with Gasteiger partial charge in [-0.05, 0) is 33.2 Å². The number of aryl methyl sites for hydroxylation is 1. The van der Waals surface area contributed by atoms with Crippen LogP contribution in [0.4, 0.5) is 0 Å². The molecule has 1 atom stereocenters. The smallest absolute Gasteiger partial charge is 0.193 e. The molecule has 0 saturated carbocycles. The molecule has 0 amide bonds. The van der Waals surface area contributed by atoms with Crippen LogP contribution in [-0.4, -0.2) is 72.5 Å². The van der Waals surface area contributed by atoms with E-state index in [2.05, 4.69) is 51.6 Å². The molecule has 5 nitrogen and oxygen atoms in total. The Balaban J connectivity index is 1.94.